The lowest BCUT2D eigenvalue weighted by Gasteiger charge is -2.17. The number of nitrogens with zero attached hydrogens (tertiary/aromatic N) is 4. The summed E-state index contributed by atoms with van der Waals surface area (Å²) in [5.74, 6) is 1.15. The number of amidine groups is 1. The van der Waals surface area contributed by atoms with Crippen LogP contribution in [0.5, 0.6) is 0 Å². The van der Waals surface area contributed by atoms with Crippen molar-refractivity contribution in [1.82, 2.24) is 20.4 Å². The number of thioether (sulfide) groups is 1. The molecule has 8 heteroatoms. The zero-order chi connectivity index (χ0) is 15.7. The molecule has 1 aromatic heterocycles. The zero-order valence-corrected chi connectivity index (χ0v) is 13.7. The maximum Gasteiger partial charge on any atom is 0.238 e. The van der Waals surface area contributed by atoms with E-state index in [-0.39, 0.29) is 17.9 Å². The van der Waals surface area contributed by atoms with Gasteiger partial charge in [0, 0.05) is 18.2 Å². The molecule has 0 fully saturated rings. The highest BCUT2D eigenvalue weighted by molar-refractivity contribution is 8.16. The third kappa shape index (κ3) is 3.01. The lowest BCUT2D eigenvalue weighted by atomic mass is 10.2. The summed E-state index contributed by atoms with van der Waals surface area (Å²) in [4.78, 5) is 18.7. The van der Waals surface area contributed by atoms with Gasteiger partial charge in [-0.1, -0.05) is 25.6 Å². The Balaban J connectivity index is 1.56. The van der Waals surface area contributed by atoms with Crippen LogP contribution >= 0.6 is 11.8 Å². The number of aromatic nitrogens is 2. The molecule has 0 bridgehead atoms. The van der Waals surface area contributed by atoms with Crippen molar-refractivity contribution in [2.24, 2.45) is 4.99 Å². The fourth-order valence-corrected chi connectivity index (χ4v) is 3.24. The summed E-state index contributed by atoms with van der Waals surface area (Å²) in [6.07, 6.45) is 0.335. The van der Waals surface area contributed by atoms with Gasteiger partial charge >= 0.3 is 0 Å². The number of nitrogens with one attached hydrogen (secondary N) is 1. The average molecular weight is 321 g/mol. The Morgan fingerprint density at radius 3 is 2.91 bits per heavy atom. The Kier molecular flexibility index (Phi) is 4.19. The standard InChI is InChI=1S/C14H19N5O2S/c1-8(2)12-17-18-13(21-12)9(3)16-11(20)6-10-7-22-14-15-4-5-19(10)14/h7-9H,4-6H2,1-3H3,(H,16,20). The average Bonchev–Trinajstić information content (AvgIpc) is 3.15. The molecule has 0 aromatic carbocycles. The predicted molar refractivity (Wildman–Crippen MR) is 84.2 cm³/mol. The quantitative estimate of drug-likeness (QED) is 0.893. The summed E-state index contributed by atoms with van der Waals surface area (Å²) in [5.41, 5.74) is 0.999. The molecule has 1 aromatic rings. The first kappa shape index (κ1) is 15.1. The van der Waals surface area contributed by atoms with Crippen molar-refractivity contribution >= 4 is 22.8 Å². The summed E-state index contributed by atoms with van der Waals surface area (Å²) in [5, 5.41) is 13.9. The number of hydrogen-bond acceptors (Lipinski definition) is 7. The third-order valence-corrected chi connectivity index (χ3v) is 4.44. The van der Waals surface area contributed by atoms with Crippen molar-refractivity contribution in [3.05, 3.63) is 22.9 Å². The molecule has 0 spiro atoms. The molecule has 1 N–H and O–H groups in total. The Morgan fingerprint density at radius 1 is 1.41 bits per heavy atom. The van der Waals surface area contributed by atoms with E-state index in [2.05, 4.69) is 25.4 Å². The van der Waals surface area contributed by atoms with Gasteiger partial charge in [0.1, 0.15) is 6.04 Å². The summed E-state index contributed by atoms with van der Waals surface area (Å²) in [6, 6.07) is -0.297. The first-order valence-electron chi connectivity index (χ1n) is 7.35. The van der Waals surface area contributed by atoms with Crippen LogP contribution < -0.4 is 5.32 Å². The number of rotatable bonds is 5. The van der Waals surface area contributed by atoms with E-state index >= 15 is 0 Å². The predicted octanol–water partition coefficient (Wildman–Crippen LogP) is 2.02. The van der Waals surface area contributed by atoms with Crippen molar-refractivity contribution in [3.63, 3.8) is 0 Å². The summed E-state index contributed by atoms with van der Waals surface area (Å²) < 4.78 is 5.56. The van der Waals surface area contributed by atoms with E-state index in [1.807, 2.05) is 26.2 Å². The molecule has 3 heterocycles. The SMILES string of the molecule is CC(C)c1nnc(C(C)NC(=O)CC2=CSC3=NCCN23)o1. The fourth-order valence-electron chi connectivity index (χ4n) is 2.29. The summed E-state index contributed by atoms with van der Waals surface area (Å²) in [7, 11) is 0. The van der Waals surface area contributed by atoms with Gasteiger partial charge in [0.15, 0.2) is 5.17 Å². The maximum absolute atomic E-state index is 12.2. The van der Waals surface area contributed by atoms with Gasteiger partial charge in [0.25, 0.3) is 0 Å². The molecular formula is C14H19N5O2S. The van der Waals surface area contributed by atoms with Crippen LogP contribution in [0.3, 0.4) is 0 Å². The molecule has 7 nitrogen and oxygen atoms in total. The lowest BCUT2D eigenvalue weighted by Crippen LogP contribution is -2.30. The van der Waals surface area contributed by atoms with Crippen LogP contribution in [0.2, 0.25) is 0 Å². The minimum absolute atomic E-state index is 0.0585. The van der Waals surface area contributed by atoms with Crippen LogP contribution in [0.4, 0.5) is 0 Å². The Morgan fingerprint density at radius 2 is 2.18 bits per heavy atom. The maximum atomic E-state index is 12.2. The lowest BCUT2D eigenvalue weighted by molar-refractivity contribution is -0.121. The van der Waals surface area contributed by atoms with Gasteiger partial charge in [-0.05, 0) is 12.3 Å². The van der Waals surface area contributed by atoms with Crippen LogP contribution in [0.15, 0.2) is 20.5 Å². The van der Waals surface area contributed by atoms with Crippen molar-refractivity contribution in [3.8, 4) is 0 Å². The van der Waals surface area contributed by atoms with Crippen LogP contribution in [-0.2, 0) is 4.79 Å². The Bertz CT molecular complexity index is 637. The Labute approximate surface area is 133 Å². The summed E-state index contributed by atoms with van der Waals surface area (Å²) in [6.45, 7) is 7.48. The molecule has 3 rings (SSSR count). The number of carbonyl (C=O) groups excluding carboxylic acids is 1. The van der Waals surface area contributed by atoms with E-state index in [9.17, 15) is 4.79 Å². The molecule has 1 atom stereocenters. The van der Waals surface area contributed by atoms with Gasteiger partial charge in [-0.2, -0.15) is 0 Å². The summed E-state index contributed by atoms with van der Waals surface area (Å²) >= 11 is 1.58. The van der Waals surface area contributed by atoms with Gasteiger partial charge < -0.3 is 14.6 Å². The molecule has 22 heavy (non-hydrogen) atoms. The molecule has 1 unspecified atom stereocenters. The molecule has 2 aliphatic heterocycles. The second-order valence-electron chi connectivity index (χ2n) is 5.64. The molecule has 0 saturated carbocycles. The number of fused-ring (bicyclic) bond motifs is 1. The molecule has 0 radical (unpaired) electrons. The zero-order valence-electron chi connectivity index (χ0n) is 12.9. The Hall–Kier alpha value is -1.83. The van der Waals surface area contributed by atoms with Crippen LogP contribution in [0, 0.1) is 0 Å². The highest BCUT2D eigenvalue weighted by Gasteiger charge is 2.28. The molecule has 0 saturated heterocycles. The van der Waals surface area contributed by atoms with Gasteiger partial charge in [-0.15, -0.1) is 10.2 Å². The smallest absolute Gasteiger partial charge is 0.238 e. The number of amides is 1. The van der Waals surface area contributed by atoms with Crippen molar-refractivity contribution < 1.29 is 9.21 Å². The minimum Gasteiger partial charge on any atom is -0.423 e. The number of carbonyl (C=O) groups is 1. The van der Waals surface area contributed by atoms with Crippen LogP contribution in [-0.4, -0.2) is 39.3 Å². The van der Waals surface area contributed by atoms with E-state index in [4.69, 9.17) is 4.42 Å². The molecule has 118 valence electrons. The fraction of sp³-hybridized carbons (Fsp3) is 0.571. The highest BCUT2D eigenvalue weighted by Crippen LogP contribution is 2.30. The van der Waals surface area contributed by atoms with Crippen molar-refractivity contribution in [2.75, 3.05) is 13.1 Å². The van der Waals surface area contributed by atoms with Crippen LogP contribution in [0.25, 0.3) is 0 Å². The van der Waals surface area contributed by atoms with E-state index < -0.39 is 0 Å². The topological polar surface area (TPSA) is 83.6 Å². The van der Waals surface area contributed by atoms with E-state index in [0.29, 0.717) is 18.2 Å². The molecular weight excluding hydrogens is 302 g/mol. The first-order valence-corrected chi connectivity index (χ1v) is 8.23. The second kappa shape index (κ2) is 6.12. The third-order valence-electron chi connectivity index (χ3n) is 3.49. The van der Waals surface area contributed by atoms with E-state index in [1.54, 1.807) is 11.8 Å². The molecule has 0 aliphatic carbocycles. The van der Waals surface area contributed by atoms with E-state index in [0.717, 1.165) is 24.0 Å². The molecule has 1 amide bonds. The van der Waals surface area contributed by atoms with Gasteiger partial charge in [0.2, 0.25) is 17.7 Å². The number of aliphatic imine (C=N–C) groups is 1. The molecule has 2 aliphatic rings. The van der Waals surface area contributed by atoms with Gasteiger partial charge in [0.05, 0.1) is 13.0 Å². The van der Waals surface area contributed by atoms with Crippen LogP contribution in [0.1, 0.15) is 50.9 Å². The van der Waals surface area contributed by atoms with Gasteiger partial charge in [-0.3, -0.25) is 9.79 Å². The number of hydrogen-bond donors (Lipinski definition) is 1. The van der Waals surface area contributed by atoms with E-state index in [1.165, 1.54) is 0 Å². The van der Waals surface area contributed by atoms with Gasteiger partial charge in [-0.25, -0.2) is 0 Å². The normalized spacial score (nSPS) is 18.3. The monoisotopic (exact) mass is 321 g/mol. The van der Waals surface area contributed by atoms with Crippen molar-refractivity contribution in [2.45, 2.75) is 39.2 Å². The second-order valence-corrected chi connectivity index (χ2v) is 6.48. The highest BCUT2D eigenvalue weighted by atomic mass is 32.2. The first-order chi connectivity index (χ1) is 10.5. The van der Waals surface area contributed by atoms with Crippen molar-refractivity contribution in [1.29, 1.82) is 0 Å². The minimum atomic E-state index is -0.297. The largest absolute Gasteiger partial charge is 0.423 e.